The van der Waals surface area contributed by atoms with Crippen LogP contribution >= 0.6 is 22.9 Å². The molecule has 2 aromatic heterocycles. The van der Waals surface area contributed by atoms with Crippen molar-refractivity contribution < 1.29 is 13.7 Å². The third-order valence-electron chi connectivity index (χ3n) is 4.29. The van der Waals surface area contributed by atoms with Gasteiger partial charge in [0.2, 0.25) is 5.13 Å². The first kappa shape index (κ1) is 19.4. The van der Waals surface area contributed by atoms with Gasteiger partial charge in [0.15, 0.2) is 0 Å². The number of halogens is 2. The number of aromatic nitrogens is 3. The lowest BCUT2D eigenvalue weighted by Crippen LogP contribution is -2.13. The quantitative estimate of drug-likeness (QED) is 0.586. The van der Waals surface area contributed by atoms with Crippen LogP contribution in [0, 0.1) is 12.7 Å². The summed E-state index contributed by atoms with van der Waals surface area (Å²) in [5, 5.41) is 16.1. The highest BCUT2D eigenvalue weighted by Gasteiger charge is 2.26. The van der Waals surface area contributed by atoms with Gasteiger partial charge in [-0.25, -0.2) is 4.39 Å². The van der Waals surface area contributed by atoms with E-state index in [0.717, 1.165) is 17.8 Å². The zero-order valence-corrected chi connectivity index (χ0v) is 16.6. The lowest BCUT2D eigenvalue weighted by atomic mass is 10.1. The Kier molecular flexibility index (Phi) is 5.86. The lowest BCUT2D eigenvalue weighted by Gasteiger charge is -2.06. The molecule has 0 saturated heterocycles. The third kappa shape index (κ3) is 3.86. The lowest BCUT2D eigenvalue weighted by molar-refractivity contribution is 0.102. The Morgan fingerprint density at radius 1 is 1.33 bits per heavy atom. The molecule has 0 aliphatic rings. The summed E-state index contributed by atoms with van der Waals surface area (Å²) in [6, 6.07) is 4.26. The summed E-state index contributed by atoms with van der Waals surface area (Å²) in [6.45, 7) is 5.74. The van der Waals surface area contributed by atoms with E-state index < -0.39 is 11.7 Å². The van der Waals surface area contributed by atoms with E-state index in [1.807, 2.05) is 0 Å². The van der Waals surface area contributed by atoms with Crippen molar-refractivity contribution in [2.75, 3.05) is 5.32 Å². The number of anilines is 1. The topological polar surface area (TPSA) is 80.9 Å². The molecule has 1 aromatic carbocycles. The molecule has 0 aliphatic carbocycles. The van der Waals surface area contributed by atoms with E-state index in [2.05, 4.69) is 34.5 Å². The number of rotatable bonds is 6. The van der Waals surface area contributed by atoms with Gasteiger partial charge in [-0.2, -0.15) is 0 Å². The Morgan fingerprint density at radius 3 is 2.74 bits per heavy atom. The first-order valence-corrected chi connectivity index (χ1v) is 9.71. The van der Waals surface area contributed by atoms with E-state index in [1.165, 1.54) is 29.5 Å². The number of carbonyl (C=O) groups excluding carboxylic acids is 1. The van der Waals surface area contributed by atoms with Gasteiger partial charge < -0.3 is 4.52 Å². The number of carbonyl (C=O) groups is 1. The average Bonchev–Trinajstić information content (AvgIpc) is 3.23. The molecular weight excluding hydrogens is 391 g/mol. The molecule has 0 radical (unpaired) electrons. The number of nitrogens with zero attached hydrogens (tertiary/aromatic N) is 3. The normalized spacial score (nSPS) is 11.2. The fourth-order valence-electron chi connectivity index (χ4n) is 2.78. The summed E-state index contributed by atoms with van der Waals surface area (Å²) < 4.78 is 19.4. The van der Waals surface area contributed by atoms with Crippen LogP contribution in [0.3, 0.4) is 0 Å². The predicted molar refractivity (Wildman–Crippen MR) is 103 cm³/mol. The second-order valence-electron chi connectivity index (χ2n) is 5.97. The molecule has 2 heterocycles. The maximum Gasteiger partial charge on any atom is 0.263 e. The molecule has 0 aliphatic heterocycles. The van der Waals surface area contributed by atoms with Crippen LogP contribution in [0.2, 0.25) is 5.02 Å². The Balaban J connectivity index is 1.92. The standard InChI is InChI=1S/C18H18ClFN4O2S/c1-4-10(5-2)17-22-23-18(27-17)21-16(25)13-9(3)26-24-15(13)14-11(19)7-6-8-12(14)20/h6-8,10H,4-5H2,1-3H3,(H,21,23,25). The summed E-state index contributed by atoms with van der Waals surface area (Å²) in [5.74, 6) is -0.531. The van der Waals surface area contributed by atoms with Crippen LogP contribution in [0.4, 0.5) is 9.52 Å². The number of hydrogen-bond acceptors (Lipinski definition) is 6. The molecule has 142 valence electrons. The van der Waals surface area contributed by atoms with Crippen LogP contribution in [0.25, 0.3) is 11.3 Å². The third-order valence-corrected chi connectivity index (χ3v) is 5.60. The van der Waals surface area contributed by atoms with Crippen molar-refractivity contribution in [3.63, 3.8) is 0 Å². The molecule has 0 fully saturated rings. The number of amides is 1. The molecule has 0 bridgehead atoms. The number of benzene rings is 1. The second-order valence-corrected chi connectivity index (χ2v) is 7.39. The molecule has 3 aromatic rings. The molecule has 1 N–H and O–H groups in total. The van der Waals surface area contributed by atoms with Gasteiger partial charge in [-0.15, -0.1) is 10.2 Å². The molecular formula is C18H18ClFN4O2S. The van der Waals surface area contributed by atoms with Gasteiger partial charge in [0.25, 0.3) is 5.91 Å². The van der Waals surface area contributed by atoms with E-state index in [-0.39, 0.29) is 27.6 Å². The molecule has 0 saturated carbocycles. The van der Waals surface area contributed by atoms with Crippen molar-refractivity contribution in [1.29, 1.82) is 0 Å². The van der Waals surface area contributed by atoms with Gasteiger partial charge in [-0.1, -0.05) is 48.0 Å². The maximum atomic E-state index is 14.3. The number of nitrogens with one attached hydrogen (secondary N) is 1. The summed E-state index contributed by atoms with van der Waals surface area (Å²) >= 11 is 7.43. The van der Waals surface area contributed by atoms with Crippen molar-refractivity contribution in [2.45, 2.75) is 39.5 Å². The molecule has 3 rings (SSSR count). The van der Waals surface area contributed by atoms with Crippen molar-refractivity contribution in [2.24, 2.45) is 0 Å². The average molecular weight is 409 g/mol. The van der Waals surface area contributed by atoms with Gasteiger partial charge in [0.05, 0.1) is 10.6 Å². The van der Waals surface area contributed by atoms with Crippen LogP contribution in [0.5, 0.6) is 0 Å². The van der Waals surface area contributed by atoms with Crippen molar-refractivity contribution in [3.8, 4) is 11.3 Å². The minimum atomic E-state index is -0.586. The van der Waals surface area contributed by atoms with Crippen molar-refractivity contribution in [1.82, 2.24) is 15.4 Å². The monoisotopic (exact) mass is 408 g/mol. The van der Waals surface area contributed by atoms with Crippen molar-refractivity contribution in [3.05, 3.63) is 45.4 Å². The minimum absolute atomic E-state index is 0.0242. The zero-order valence-electron chi connectivity index (χ0n) is 15.0. The summed E-state index contributed by atoms with van der Waals surface area (Å²) in [5.41, 5.74) is 0.190. The number of hydrogen-bond donors (Lipinski definition) is 1. The molecule has 27 heavy (non-hydrogen) atoms. The Bertz CT molecular complexity index is 948. The summed E-state index contributed by atoms with van der Waals surface area (Å²) in [4.78, 5) is 12.8. The van der Waals surface area contributed by atoms with Gasteiger partial charge in [-0.3, -0.25) is 10.1 Å². The van der Waals surface area contributed by atoms with Gasteiger partial charge >= 0.3 is 0 Å². The fraction of sp³-hybridized carbons (Fsp3) is 0.333. The molecule has 9 heteroatoms. The Labute approximate surface area is 164 Å². The van der Waals surface area contributed by atoms with E-state index >= 15 is 0 Å². The van der Waals surface area contributed by atoms with Gasteiger partial charge in [0.1, 0.15) is 27.8 Å². The molecule has 0 unspecified atom stereocenters. The van der Waals surface area contributed by atoms with Gasteiger partial charge in [-0.05, 0) is 31.9 Å². The van der Waals surface area contributed by atoms with Gasteiger partial charge in [0, 0.05) is 5.92 Å². The smallest absolute Gasteiger partial charge is 0.263 e. The first-order valence-electron chi connectivity index (χ1n) is 8.51. The maximum absolute atomic E-state index is 14.3. The van der Waals surface area contributed by atoms with E-state index in [9.17, 15) is 9.18 Å². The first-order chi connectivity index (χ1) is 13.0. The molecule has 1 amide bonds. The van der Waals surface area contributed by atoms with Crippen LogP contribution < -0.4 is 5.32 Å². The van der Waals surface area contributed by atoms with Crippen LogP contribution in [-0.2, 0) is 0 Å². The second kappa shape index (κ2) is 8.14. The van der Waals surface area contributed by atoms with Crippen LogP contribution in [0.15, 0.2) is 22.7 Å². The van der Waals surface area contributed by atoms with E-state index in [1.54, 1.807) is 6.92 Å². The van der Waals surface area contributed by atoms with Crippen LogP contribution in [0.1, 0.15) is 53.7 Å². The molecule has 0 spiro atoms. The SMILES string of the molecule is CCC(CC)c1nnc(NC(=O)c2c(-c3c(F)cccc3Cl)noc2C)s1. The van der Waals surface area contributed by atoms with E-state index in [4.69, 9.17) is 16.1 Å². The Hall–Kier alpha value is -2.32. The van der Waals surface area contributed by atoms with Crippen LogP contribution in [-0.4, -0.2) is 21.3 Å². The fourth-order valence-corrected chi connectivity index (χ4v) is 4.04. The minimum Gasteiger partial charge on any atom is -0.360 e. The largest absolute Gasteiger partial charge is 0.360 e. The number of aryl methyl sites for hydroxylation is 1. The highest BCUT2D eigenvalue weighted by atomic mass is 35.5. The summed E-state index contributed by atoms with van der Waals surface area (Å²) in [7, 11) is 0. The molecule has 6 nitrogen and oxygen atoms in total. The highest BCUT2D eigenvalue weighted by Crippen LogP contribution is 2.34. The Morgan fingerprint density at radius 2 is 2.07 bits per heavy atom. The van der Waals surface area contributed by atoms with Crippen molar-refractivity contribution >= 4 is 34.0 Å². The summed E-state index contributed by atoms with van der Waals surface area (Å²) in [6.07, 6.45) is 1.89. The highest BCUT2D eigenvalue weighted by molar-refractivity contribution is 7.15. The zero-order chi connectivity index (χ0) is 19.6. The molecule has 0 atom stereocenters. The predicted octanol–water partition coefficient (Wildman–Crippen LogP) is 5.45. The van der Waals surface area contributed by atoms with E-state index in [0.29, 0.717) is 11.0 Å².